The maximum atomic E-state index is 11.9. The molecule has 3 N–H and O–H groups in total. The second kappa shape index (κ2) is 7.29. The largest absolute Gasteiger partial charge is 0.399 e. The summed E-state index contributed by atoms with van der Waals surface area (Å²) in [5, 5.41) is 2.82. The lowest BCUT2D eigenvalue weighted by molar-refractivity contribution is -0.124. The highest BCUT2D eigenvalue weighted by atomic mass is 16.5. The molecule has 4 nitrogen and oxygen atoms in total. The Morgan fingerprint density at radius 3 is 2.70 bits per heavy atom. The van der Waals surface area contributed by atoms with E-state index in [9.17, 15) is 4.79 Å². The third kappa shape index (κ3) is 4.23. The Hall–Kier alpha value is -1.55. The van der Waals surface area contributed by atoms with Crippen molar-refractivity contribution in [3.05, 3.63) is 24.3 Å². The van der Waals surface area contributed by atoms with E-state index in [-0.39, 0.29) is 18.6 Å². The molecule has 2 rings (SSSR count). The zero-order chi connectivity index (χ0) is 14.4. The number of hydrogen-bond acceptors (Lipinski definition) is 3. The first-order chi connectivity index (χ1) is 9.69. The predicted octanol–water partition coefficient (Wildman–Crippen LogP) is 3.19. The van der Waals surface area contributed by atoms with Gasteiger partial charge in [0.05, 0.1) is 6.10 Å². The van der Waals surface area contributed by atoms with Gasteiger partial charge in [-0.1, -0.05) is 26.2 Å². The van der Waals surface area contributed by atoms with E-state index in [0.29, 0.717) is 11.6 Å². The van der Waals surface area contributed by atoms with Crippen LogP contribution in [0.15, 0.2) is 24.3 Å². The van der Waals surface area contributed by atoms with Crippen molar-refractivity contribution in [3.63, 3.8) is 0 Å². The minimum atomic E-state index is -0.102. The number of benzene rings is 1. The highest BCUT2D eigenvalue weighted by Gasteiger charge is 2.24. The molecular weight excluding hydrogens is 252 g/mol. The van der Waals surface area contributed by atoms with Crippen LogP contribution < -0.4 is 11.1 Å². The molecular formula is C16H24N2O2. The predicted molar refractivity (Wildman–Crippen MR) is 81.5 cm³/mol. The molecule has 1 aliphatic carbocycles. The average Bonchev–Trinajstić information content (AvgIpc) is 2.48. The SMILES string of the molecule is CCC1CCCCC1OCC(=O)Nc1ccc(N)cc1. The minimum absolute atomic E-state index is 0.102. The Balaban J connectivity index is 1.78. The fourth-order valence-corrected chi connectivity index (χ4v) is 2.81. The molecule has 110 valence electrons. The molecule has 1 aliphatic rings. The molecule has 1 aromatic carbocycles. The maximum Gasteiger partial charge on any atom is 0.250 e. The van der Waals surface area contributed by atoms with Crippen LogP contribution in [0.2, 0.25) is 0 Å². The van der Waals surface area contributed by atoms with Gasteiger partial charge in [0, 0.05) is 11.4 Å². The van der Waals surface area contributed by atoms with E-state index in [2.05, 4.69) is 12.2 Å². The zero-order valence-corrected chi connectivity index (χ0v) is 12.1. The fourth-order valence-electron chi connectivity index (χ4n) is 2.81. The molecule has 0 bridgehead atoms. The van der Waals surface area contributed by atoms with Crippen LogP contribution in [-0.4, -0.2) is 18.6 Å². The van der Waals surface area contributed by atoms with Gasteiger partial charge in [0.2, 0.25) is 5.91 Å². The third-order valence-corrected chi connectivity index (χ3v) is 3.99. The van der Waals surface area contributed by atoms with E-state index in [1.165, 1.54) is 19.3 Å². The van der Waals surface area contributed by atoms with Crippen molar-refractivity contribution in [2.24, 2.45) is 5.92 Å². The summed E-state index contributed by atoms with van der Waals surface area (Å²) in [5.41, 5.74) is 7.05. The van der Waals surface area contributed by atoms with Gasteiger partial charge in [-0.05, 0) is 43.0 Å². The molecule has 0 aliphatic heterocycles. The van der Waals surface area contributed by atoms with Gasteiger partial charge in [-0.15, -0.1) is 0 Å². The summed E-state index contributed by atoms with van der Waals surface area (Å²) in [6, 6.07) is 7.13. The lowest BCUT2D eigenvalue weighted by Gasteiger charge is -2.30. The molecule has 1 amide bonds. The van der Waals surface area contributed by atoms with Crippen LogP contribution in [-0.2, 0) is 9.53 Å². The summed E-state index contributed by atoms with van der Waals surface area (Å²) in [5.74, 6) is 0.503. The van der Waals surface area contributed by atoms with Gasteiger partial charge in [-0.2, -0.15) is 0 Å². The average molecular weight is 276 g/mol. The van der Waals surface area contributed by atoms with Crippen LogP contribution in [0.25, 0.3) is 0 Å². The standard InChI is InChI=1S/C16H24N2O2/c1-2-12-5-3-4-6-15(12)20-11-16(19)18-14-9-7-13(17)8-10-14/h7-10,12,15H,2-6,11,17H2,1H3,(H,18,19). The van der Waals surface area contributed by atoms with Crippen molar-refractivity contribution < 1.29 is 9.53 Å². The maximum absolute atomic E-state index is 11.9. The van der Waals surface area contributed by atoms with E-state index in [1.807, 2.05) is 0 Å². The zero-order valence-electron chi connectivity index (χ0n) is 12.1. The second-order valence-electron chi connectivity index (χ2n) is 5.47. The first-order valence-corrected chi connectivity index (χ1v) is 7.46. The summed E-state index contributed by atoms with van der Waals surface area (Å²) in [4.78, 5) is 11.9. The van der Waals surface area contributed by atoms with Gasteiger partial charge < -0.3 is 15.8 Å². The number of rotatable bonds is 5. The van der Waals surface area contributed by atoms with Gasteiger partial charge >= 0.3 is 0 Å². The van der Waals surface area contributed by atoms with Gasteiger partial charge in [0.1, 0.15) is 6.61 Å². The molecule has 0 aromatic heterocycles. The summed E-state index contributed by atoms with van der Waals surface area (Å²) >= 11 is 0. The van der Waals surface area contributed by atoms with Gasteiger partial charge in [0.25, 0.3) is 0 Å². The lowest BCUT2D eigenvalue weighted by atomic mass is 9.85. The molecule has 0 spiro atoms. The number of ether oxygens (including phenoxy) is 1. The molecule has 20 heavy (non-hydrogen) atoms. The highest BCUT2D eigenvalue weighted by molar-refractivity contribution is 5.91. The summed E-state index contributed by atoms with van der Waals surface area (Å²) in [7, 11) is 0. The Kier molecular flexibility index (Phi) is 5.41. The quantitative estimate of drug-likeness (QED) is 0.812. The van der Waals surface area contributed by atoms with Crippen molar-refractivity contribution in [1.29, 1.82) is 0 Å². The number of nitrogen functional groups attached to an aromatic ring is 1. The third-order valence-electron chi connectivity index (χ3n) is 3.99. The van der Waals surface area contributed by atoms with Crippen LogP contribution in [0.4, 0.5) is 11.4 Å². The number of amides is 1. The number of hydrogen-bond donors (Lipinski definition) is 2. The normalized spacial score (nSPS) is 22.4. The van der Waals surface area contributed by atoms with E-state index in [0.717, 1.165) is 18.5 Å². The molecule has 2 atom stereocenters. The number of nitrogens with one attached hydrogen (secondary N) is 1. The van der Waals surface area contributed by atoms with Crippen molar-refractivity contribution in [1.82, 2.24) is 0 Å². The van der Waals surface area contributed by atoms with Crippen LogP contribution >= 0.6 is 0 Å². The first kappa shape index (κ1) is 14.9. The van der Waals surface area contributed by atoms with E-state index < -0.39 is 0 Å². The van der Waals surface area contributed by atoms with Crippen LogP contribution in [0.5, 0.6) is 0 Å². The van der Waals surface area contributed by atoms with Gasteiger partial charge in [-0.25, -0.2) is 0 Å². The topological polar surface area (TPSA) is 64.3 Å². The van der Waals surface area contributed by atoms with Gasteiger partial charge in [0.15, 0.2) is 0 Å². The van der Waals surface area contributed by atoms with E-state index in [4.69, 9.17) is 10.5 Å². The Bertz CT molecular complexity index is 431. The molecule has 0 heterocycles. The molecule has 1 aromatic rings. The number of carbonyl (C=O) groups is 1. The summed E-state index contributed by atoms with van der Waals surface area (Å²) in [6.45, 7) is 2.33. The molecule has 1 saturated carbocycles. The smallest absolute Gasteiger partial charge is 0.250 e. The summed E-state index contributed by atoms with van der Waals surface area (Å²) in [6.07, 6.45) is 6.17. The Labute approximate surface area is 120 Å². The highest BCUT2D eigenvalue weighted by Crippen LogP contribution is 2.29. The van der Waals surface area contributed by atoms with Crippen molar-refractivity contribution >= 4 is 17.3 Å². The van der Waals surface area contributed by atoms with E-state index in [1.54, 1.807) is 24.3 Å². The summed E-state index contributed by atoms with van der Waals surface area (Å²) < 4.78 is 5.81. The molecule has 1 fully saturated rings. The Morgan fingerprint density at radius 1 is 1.30 bits per heavy atom. The monoisotopic (exact) mass is 276 g/mol. The minimum Gasteiger partial charge on any atom is -0.399 e. The molecule has 0 saturated heterocycles. The number of carbonyl (C=O) groups excluding carboxylic acids is 1. The van der Waals surface area contributed by atoms with Crippen molar-refractivity contribution in [2.45, 2.75) is 45.1 Å². The molecule has 0 radical (unpaired) electrons. The lowest BCUT2D eigenvalue weighted by Crippen LogP contribution is -2.31. The second-order valence-corrected chi connectivity index (χ2v) is 5.47. The van der Waals surface area contributed by atoms with E-state index >= 15 is 0 Å². The number of nitrogens with two attached hydrogens (primary N) is 1. The fraction of sp³-hybridized carbons (Fsp3) is 0.562. The van der Waals surface area contributed by atoms with Crippen molar-refractivity contribution in [3.8, 4) is 0 Å². The number of anilines is 2. The Morgan fingerprint density at radius 2 is 2.00 bits per heavy atom. The van der Waals surface area contributed by atoms with Crippen molar-refractivity contribution in [2.75, 3.05) is 17.7 Å². The van der Waals surface area contributed by atoms with Crippen LogP contribution in [0, 0.1) is 5.92 Å². The van der Waals surface area contributed by atoms with Gasteiger partial charge in [-0.3, -0.25) is 4.79 Å². The van der Waals surface area contributed by atoms with Crippen LogP contribution in [0.1, 0.15) is 39.0 Å². The molecule has 4 heteroatoms. The first-order valence-electron chi connectivity index (χ1n) is 7.46. The van der Waals surface area contributed by atoms with Crippen LogP contribution in [0.3, 0.4) is 0 Å². The molecule has 2 unspecified atom stereocenters.